The molecule has 0 nitrogen and oxygen atoms in total. The summed E-state index contributed by atoms with van der Waals surface area (Å²) in [6, 6.07) is 24.0. The smallest absolute Gasteiger partial charge is 0.00988 e. The molecule has 1 unspecified atom stereocenters. The van der Waals surface area contributed by atoms with Gasteiger partial charge < -0.3 is 0 Å². The van der Waals surface area contributed by atoms with Crippen molar-refractivity contribution in [3.8, 4) is 0 Å². The van der Waals surface area contributed by atoms with E-state index in [-0.39, 0.29) is 17.0 Å². The standard InChI is InChI=1S/C18H13P.BrH/c19-18-7-3-6-15-16(18)9-8-14-10-12-4-1-2-5-13(12)11-17(14)15;/h1-11H,19H2;1H. The monoisotopic (exact) mass is 340 g/mol. The van der Waals surface area contributed by atoms with Crippen molar-refractivity contribution in [1.82, 2.24) is 0 Å². The Balaban J connectivity index is 0.00000121. The SMILES string of the molecule is Br.Pc1cccc2c1ccc1cc3ccccc3cc12. The van der Waals surface area contributed by atoms with Crippen molar-refractivity contribution in [1.29, 1.82) is 0 Å². The summed E-state index contributed by atoms with van der Waals surface area (Å²) in [6.45, 7) is 0. The third-order valence-electron chi connectivity index (χ3n) is 3.78. The lowest BCUT2D eigenvalue weighted by molar-refractivity contribution is 1.79. The van der Waals surface area contributed by atoms with Gasteiger partial charge >= 0.3 is 0 Å². The Morgan fingerprint density at radius 1 is 0.550 bits per heavy atom. The van der Waals surface area contributed by atoms with Crippen LogP contribution in [-0.4, -0.2) is 0 Å². The number of fused-ring (bicyclic) bond motifs is 4. The first kappa shape index (κ1) is 13.5. The predicted octanol–water partition coefficient (Wildman–Crippen LogP) is 5.22. The van der Waals surface area contributed by atoms with Crippen LogP contribution in [0, 0.1) is 0 Å². The van der Waals surface area contributed by atoms with Gasteiger partial charge in [0.05, 0.1) is 0 Å². The summed E-state index contributed by atoms with van der Waals surface area (Å²) in [4.78, 5) is 0. The molecule has 0 N–H and O–H groups in total. The number of halogens is 1. The molecule has 0 spiro atoms. The zero-order chi connectivity index (χ0) is 12.8. The summed E-state index contributed by atoms with van der Waals surface area (Å²) >= 11 is 0. The Kier molecular flexibility index (Phi) is 3.50. The van der Waals surface area contributed by atoms with Crippen LogP contribution in [0.3, 0.4) is 0 Å². The second-order valence-corrected chi connectivity index (χ2v) is 5.55. The summed E-state index contributed by atoms with van der Waals surface area (Å²) < 4.78 is 0. The second-order valence-electron chi connectivity index (χ2n) is 4.93. The molecule has 0 amide bonds. The minimum Gasteiger partial charge on any atom is -0.114 e. The molecule has 0 saturated heterocycles. The van der Waals surface area contributed by atoms with Crippen molar-refractivity contribution in [2.45, 2.75) is 0 Å². The van der Waals surface area contributed by atoms with Gasteiger partial charge in [-0.3, -0.25) is 0 Å². The summed E-state index contributed by atoms with van der Waals surface area (Å²) in [5, 5.41) is 9.15. The molecular weight excluding hydrogens is 327 g/mol. The first-order valence-corrected chi connectivity index (χ1v) is 7.00. The highest BCUT2D eigenvalue weighted by Gasteiger charge is 2.03. The van der Waals surface area contributed by atoms with Crippen LogP contribution in [0.2, 0.25) is 0 Å². The zero-order valence-corrected chi connectivity index (χ0v) is 13.7. The van der Waals surface area contributed by atoms with Crippen molar-refractivity contribution < 1.29 is 0 Å². The van der Waals surface area contributed by atoms with Crippen molar-refractivity contribution in [2.75, 3.05) is 0 Å². The van der Waals surface area contributed by atoms with Crippen LogP contribution in [0.25, 0.3) is 32.3 Å². The van der Waals surface area contributed by atoms with E-state index in [4.69, 9.17) is 0 Å². The van der Waals surface area contributed by atoms with Gasteiger partial charge in [0.1, 0.15) is 0 Å². The molecule has 98 valence electrons. The first-order valence-electron chi connectivity index (χ1n) is 6.43. The normalized spacial score (nSPS) is 10.8. The molecule has 0 aliphatic heterocycles. The number of hydrogen-bond acceptors (Lipinski definition) is 0. The number of hydrogen-bond donors (Lipinski definition) is 0. The predicted molar refractivity (Wildman–Crippen MR) is 98.6 cm³/mol. The van der Waals surface area contributed by atoms with Crippen LogP contribution in [0.1, 0.15) is 0 Å². The maximum atomic E-state index is 2.82. The highest BCUT2D eigenvalue weighted by molar-refractivity contribution is 8.93. The number of rotatable bonds is 0. The molecule has 4 aromatic rings. The van der Waals surface area contributed by atoms with Gasteiger partial charge in [-0.15, -0.1) is 26.2 Å². The quantitative estimate of drug-likeness (QED) is 0.234. The lowest BCUT2D eigenvalue weighted by atomic mass is 9.98. The van der Waals surface area contributed by atoms with Crippen LogP contribution in [0.4, 0.5) is 0 Å². The topological polar surface area (TPSA) is 0 Å². The second kappa shape index (κ2) is 5.16. The van der Waals surface area contributed by atoms with E-state index < -0.39 is 0 Å². The third-order valence-corrected chi connectivity index (χ3v) is 4.28. The Morgan fingerprint density at radius 2 is 1.30 bits per heavy atom. The van der Waals surface area contributed by atoms with Gasteiger partial charge in [0.25, 0.3) is 0 Å². The van der Waals surface area contributed by atoms with Crippen molar-refractivity contribution in [2.24, 2.45) is 0 Å². The van der Waals surface area contributed by atoms with Crippen molar-refractivity contribution in [3.63, 3.8) is 0 Å². The first-order chi connectivity index (χ1) is 9.33. The Hall–Kier alpha value is -1.43. The molecular formula is C18H14BrP. The molecule has 2 heteroatoms. The molecule has 4 rings (SSSR count). The van der Waals surface area contributed by atoms with Crippen molar-refractivity contribution >= 4 is 63.8 Å². The van der Waals surface area contributed by atoms with Crippen LogP contribution in [0.15, 0.2) is 66.7 Å². The van der Waals surface area contributed by atoms with Gasteiger partial charge in [-0.2, -0.15) is 0 Å². The van der Waals surface area contributed by atoms with Gasteiger partial charge in [-0.1, -0.05) is 54.6 Å². The van der Waals surface area contributed by atoms with Gasteiger partial charge in [0.15, 0.2) is 0 Å². The molecule has 0 aliphatic rings. The fraction of sp³-hybridized carbons (Fsp3) is 0. The molecule has 4 aromatic carbocycles. The Bertz CT molecular complexity index is 928. The van der Waals surface area contributed by atoms with Crippen LogP contribution >= 0.6 is 26.2 Å². The molecule has 1 atom stereocenters. The fourth-order valence-electron chi connectivity index (χ4n) is 2.81. The van der Waals surface area contributed by atoms with Gasteiger partial charge in [0.2, 0.25) is 0 Å². The molecule has 0 aromatic heterocycles. The summed E-state index contributed by atoms with van der Waals surface area (Å²) in [5.74, 6) is 0. The minimum absolute atomic E-state index is 0. The molecule has 0 bridgehead atoms. The van der Waals surface area contributed by atoms with E-state index in [1.165, 1.54) is 37.6 Å². The highest BCUT2D eigenvalue weighted by Crippen LogP contribution is 2.29. The van der Waals surface area contributed by atoms with E-state index in [1.54, 1.807) is 0 Å². The van der Waals surface area contributed by atoms with Crippen LogP contribution < -0.4 is 5.30 Å². The number of benzene rings is 4. The van der Waals surface area contributed by atoms with Gasteiger partial charge in [-0.25, -0.2) is 0 Å². The summed E-state index contributed by atoms with van der Waals surface area (Å²) in [7, 11) is 2.82. The van der Waals surface area contributed by atoms with Crippen LogP contribution in [-0.2, 0) is 0 Å². The highest BCUT2D eigenvalue weighted by atomic mass is 79.9. The molecule has 0 heterocycles. The zero-order valence-electron chi connectivity index (χ0n) is 10.8. The summed E-state index contributed by atoms with van der Waals surface area (Å²) in [5.41, 5.74) is 0. The van der Waals surface area contributed by atoms with Crippen molar-refractivity contribution in [3.05, 3.63) is 66.7 Å². The lowest BCUT2D eigenvalue weighted by Gasteiger charge is -2.08. The molecule has 0 aliphatic carbocycles. The Morgan fingerprint density at radius 3 is 2.10 bits per heavy atom. The largest absolute Gasteiger partial charge is 0.114 e. The van der Waals surface area contributed by atoms with E-state index in [0.29, 0.717) is 0 Å². The lowest BCUT2D eigenvalue weighted by Crippen LogP contribution is -1.92. The van der Waals surface area contributed by atoms with Gasteiger partial charge in [-0.05, 0) is 49.8 Å². The maximum Gasteiger partial charge on any atom is -0.00988 e. The Labute approximate surface area is 130 Å². The maximum absolute atomic E-state index is 2.82. The third kappa shape index (κ3) is 2.02. The molecule has 0 saturated carbocycles. The van der Waals surface area contributed by atoms with E-state index in [9.17, 15) is 0 Å². The van der Waals surface area contributed by atoms with E-state index in [1.807, 2.05) is 0 Å². The average Bonchev–Trinajstić information content (AvgIpc) is 2.45. The average molecular weight is 341 g/mol. The van der Waals surface area contributed by atoms with Crippen LogP contribution in [0.5, 0.6) is 0 Å². The van der Waals surface area contributed by atoms with E-state index >= 15 is 0 Å². The fourth-order valence-corrected chi connectivity index (χ4v) is 3.17. The molecule has 20 heavy (non-hydrogen) atoms. The van der Waals surface area contributed by atoms with E-state index in [0.717, 1.165) is 0 Å². The van der Waals surface area contributed by atoms with E-state index in [2.05, 4.69) is 76.0 Å². The van der Waals surface area contributed by atoms with Gasteiger partial charge in [0, 0.05) is 0 Å². The molecule has 0 fully saturated rings. The summed E-state index contributed by atoms with van der Waals surface area (Å²) in [6.07, 6.45) is 0. The minimum atomic E-state index is 0. The molecule has 0 radical (unpaired) electrons.